The SMILES string of the molecule is C=CN1CN(C=C)CN(C=C)C1. The van der Waals surface area contributed by atoms with E-state index in [1.165, 1.54) is 0 Å². The Morgan fingerprint density at radius 3 is 1.08 bits per heavy atom. The van der Waals surface area contributed by atoms with Crippen molar-refractivity contribution in [1.82, 2.24) is 14.7 Å². The van der Waals surface area contributed by atoms with Crippen LogP contribution in [0.25, 0.3) is 0 Å². The van der Waals surface area contributed by atoms with Crippen molar-refractivity contribution < 1.29 is 0 Å². The van der Waals surface area contributed by atoms with Gasteiger partial charge in [-0.25, -0.2) is 0 Å². The van der Waals surface area contributed by atoms with Gasteiger partial charge in [-0.05, 0) is 18.6 Å². The maximum atomic E-state index is 3.73. The quantitative estimate of drug-likeness (QED) is 0.622. The van der Waals surface area contributed by atoms with Crippen LogP contribution < -0.4 is 0 Å². The Morgan fingerprint density at radius 2 is 0.917 bits per heavy atom. The van der Waals surface area contributed by atoms with E-state index in [0.717, 1.165) is 20.0 Å². The van der Waals surface area contributed by atoms with Crippen LogP contribution in [-0.2, 0) is 0 Å². The smallest absolute Gasteiger partial charge is 0.0925 e. The highest BCUT2D eigenvalue weighted by Gasteiger charge is 2.14. The number of rotatable bonds is 3. The Balaban J connectivity index is 2.57. The van der Waals surface area contributed by atoms with Crippen molar-refractivity contribution in [2.45, 2.75) is 0 Å². The number of nitrogens with zero attached hydrogens (tertiary/aromatic N) is 3. The summed E-state index contributed by atoms with van der Waals surface area (Å²) in [6.45, 7) is 13.8. The predicted molar refractivity (Wildman–Crippen MR) is 50.7 cm³/mol. The minimum Gasteiger partial charge on any atom is -0.343 e. The first-order valence-electron chi connectivity index (χ1n) is 3.90. The lowest BCUT2D eigenvalue weighted by Crippen LogP contribution is -2.48. The summed E-state index contributed by atoms with van der Waals surface area (Å²) in [6.07, 6.45) is 5.48. The highest BCUT2D eigenvalue weighted by atomic mass is 15.5. The Hall–Kier alpha value is -1.38. The summed E-state index contributed by atoms with van der Waals surface area (Å²) in [7, 11) is 0. The van der Waals surface area contributed by atoms with E-state index in [1.54, 1.807) is 0 Å². The molecule has 1 rings (SSSR count). The van der Waals surface area contributed by atoms with Gasteiger partial charge in [-0.1, -0.05) is 19.7 Å². The van der Waals surface area contributed by atoms with E-state index in [1.807, 2.05) is 18.6 Å². The molecule has 1 saturated heterocycles. The van der Waals surface area contributed by atoms with Gasteiger partial charge in [-0.3, -0.25) is 0 Å². The largest absolute Gasteiger partial charge is 0.343 e. The molecule has 0 N–H and O–H groups in total. The van der Waals surface area contributed by atoms with Crippen molar-refractivity contribution in [1.29, 1.82) is 0 Å². The van der Waals surface area contributed by atoms with Crippen LogP contribution in [-0.4, -0.2) is 34.7 Å². The third kappa shape index (κ3) is 1.81. The average Bonchev–Trinajstić information content (AvgIpc) is 2.16. The molecule has 0 unspecified atom stereocenters. The fourth-order valence-corrected chi connectivity index (χ4v) is 1.18. The maximum absolute atomic E-state index is 3.73. The summed E-state index contributed by atoms with van der Waals surface area (Å²) in [5, 5.41) is 0. The van der Waals surface area contributed by atoms with Crippen LogP contribution in [0.4, 0.5) is 0 Å². The summed E-state index contributed by atoms with van der Waals surface area (Å²) < 4.78 is 0. The molecule has 0 aliphatic carbocycles. The lowest BCUT2D eigenvalue weighted by Gasteiger charge is -2.40. The highest BCUT2D eigenvalue weighted by Crippen LogP contribution is 2.07. The van der Waals surface area contributed by atoms with Gasteiger partial charge in [0, 0.05) is 0 Å². The normalized spacial score (nSPS) is 17.5. The van der Waals surface area contributed by atoms with Gasteiger partial charge in [0.05, 0.1) is 20.0 Å². The number of hydrogen-bond acceptors (Lipinski definition) is 3. The second-order valence-electron chi connectivity index (χ2n) is 2.74. The molecule has 0 saturated carbocycles. The molecule has 0 spiro atoms. The molecule has 1 aliphatic heterocycles. The first-order chi connectivity index (χ1) is 5.80. The van der Waals surface area contributed by atoms with Crippen molar-refractivity contribution in [3.8, 4) is 0 Å². The third-order valence-electron chi connectivity index (χ3n) is 1.86. The van der Waals surface area contributed by atoms with E-state index in [-0.39, 0.29) is 0 Å². The van der Waals surface area contributed by atoms with Gasteiger partial charge in [0.15, 0.2) is 0 Å². The zero-order chi connectivity index (χ0) is 8.97. The van der Waals surface area contributed by atoms with Crippen molar-refractivity contribution in [3.05, 3.63) is 38.3 Å². The molecule has 3 heteroatoms. The Morgan fingerprint density at radius 1 is 0.667 bits per heavy atom. The van der Waals surface area contributed by atoms with E-state index in [9.17, 15) is 0 Å². The summed E-state index contributed by atoms with van der Waals surface area (Å²) >= 11 is 0. The topological polar surface area (TPSA) is 9.72 Å². The van der Waals surface area contributed by atoms with Gasteiger partial charge in [0.2, 0.25) is 0 Å². The molecule has 1 fully saturated rings. The molecule has 12 heavy (non-hydrogen) atoms. The average molecular weight is 165 g/mol. The van der Waals surface area contributed by atoms with Crippen LogP contribution in [0.1, 0.15) is 0 Å². The van der Waals surface area contributed by atoms with Gasteiger partial charge < -0.3 is 14.7 Å². The Kier molecular flexibility index (Phi) is 2.80. The van der Waals surface area contributed by atoms with Crippen LogP contribution in [0.5, 0.6) is 0 Å². The zero-order valence-corrected chi connectivity index (χ0v) is 7.32. The lowest BCUT2D eigenvalue weighted by atomic mass is 10.5. The first-order valence-corrected chi connectivity index (χ1v) is 3.90. The summed E-state index contributed by atoms with van der Waals surface area (Å²) in [6, 6.07) is 0. The van der Waals surface area contributed by atoms with E-state index in [0.29, 0.717) is 0 Å². The molecular weight excluding hydrogens is 150 g/mol. The van der Waals surface area contributed by atoms with Crippen molar-refractivity contribution >= 4 is 0 Å². The van der Waals surface area contributed by atoms with Gasteiger partial charge in [-0.15, -0.1) is 0 Å². The minimum atomic E-state index is 0.858. The van der Waals surface area contributed by atoms with E-state index >= 15 is 0 Å². The molecule has 0 aromatic carbocycles. The van der Waals surface area contributed by atoms with E-state index in [4.69, 9.17) is 0 Å². The van der Waals surface area contributed by atoms with Crippen molar-refractivity contribution in [3.63, 3.8) is 0 Å². The molecule has 0 radical (unpaired) electrons. The number of hydrogen-bond donors (Lipinski definition) is 0. The fourth-order valence-electron chi connectivity index (χ4n) is 1.18. The molecule has 0 bridgehead atoms. The van der Waals surface area contributed by atoms with Crippen molar-refractivity contribution in [2.24, 2.45) is 0 Å². The second-order valence-corrected chi connectivity index (χ2v) is 2.74. The summed E-state index contributed by atoms with van der Waals surface area (Å²) in [4.78, 5) is 6.27. The molecule has 0 amide bonds. The summed E-state index contributed by atoms with van der Waals surface area (Å²) in [5.41, 5.74) is 0. The van der Waals surface area contributed by atoms with Crippen molar-refractivity contribution in [2.75, 3.05) is 20.0 Å². The van der Waals surface area contributed by atoms with Crippen LogP contribution in [0, 0.1) is 0 Å². The summed E-state index contributed by atoms with van der Waals surface area (Å²) in [5.74, 6) is 0. The molecule has 0 aromatic rings. The molecule has 66 valence electrons. The lowest BCUT2D eigenvalue weighted by molar-refractivity contribution is 0.0560. The van der Waals surface area contributed by atoms with Crippen LogP contribution in [0.3, 0.4) is 0 Å². The molecule has 3 nitrogen and oxygen atoms in total. The van der Waals surface area contributed by atoms with Gasteiger partial charge in [0.1, 0.15) is 0 Å². The maximum Gasteiger partial charge on any atom is 0.0925 e. The van der Waals surface area contributed by atoms with Crippen LogP contribution in [0.15, 0.2) is 38.3 Å². The molecule has 0 atom stereocenters. The molecule has 0 aromatic heterocycles. The fraction of sp³-hybridized carbons (Fsp3) is 0.333. The molecular formula is C9H15N3. The second kappa shape index (κ2) is 3.85. The highest BCUT2D eigenvalue weighted by molar-refractivity contribution is 4.84. The minimum absolute atomic E-state index is 0.858. The molecule has 1 aliphatic rings. The molecule has 1 heterocycles. The Labute approximate surface area is 73.9 Å². The monoisotopic (exact) mass is 165 g/mol. The predicted octanol–water partition coefficient (Wildman–Crippen LogP) is 1.21. The zero-order valence-electron chi connectivity index (χ0n) is 7.32. The van der Waals surface area contributed by atoms with Gasteiger partial charge in [0.25, 0.3) is 0 Å². The van der Waals surface area contributed by atoms with Gasteiger partial charge in [-0.2, -0.15) is 0 Å². The van der Waals surface area contributed by atoms with E-state index < -0.39 is 0 Å². The van der Waals surface area contributed by atoms with Gasteiger partial charge >= 0.3 is 0 Å². The van der Waals surface area contributed by atoms with Crippen LogP contribution in [0.2, 0.25) is 0 Å². The van der Waals surface area contributed by atoms with Crippen LogP contribution >= 0.6 is 0 Å². The Bertz CT molecular complexity index is 149. The standard InChI is InChI=1S/C9H15N3/c1-4-10-7-11(5-2)9-12(6-3)8-10/h4-6H,1-3,7-9H2. The third-order valence-corrected chi connectivity index (χ3v) is 1.86. The first kappa shape index (κ1) is 8.71. The van der Waals surface area contributed by atoms with E-state index in [2.05, 4.69) is 34.4 Å².